The second-order valence-corrected chi connectivity index (χ2v) is 8.61. The van der Waals surface area contributed by atoms with Crippen LogP contribution in [0.5, 0.6) is 0 Å². The van der Waals surface area contributed by atoms with E-state index in [1.807, 2.05) is 47.4 Å². The first-order chi connectivity index (χ1) is 17.2. The van der Waals surface area contributed by atoms with E-state index in [-0.39, 0.29) is 0 Å². The minimum Gasteiger partial charge on any atom is -0.337 e. The van der Waals surface area contributed by atoms with Crippen LogP contribution in [-0.2, 0) is 13.1 Å². The highest BCUT2D eigenvalue weighted by Crippen LogP contribution is 2.35. The second kappa shape index (κ2) is 8.77. The first kappa shape index (κ1) is 21.2. The Bertz CT molecular complexity index is 1630. The number of fused-ring (bicyclic) bond motifs is 3. The van der Waals surface area contributed by atoms with Crippen LogP contribution < -0.4 is 5.73 Å². The van der Waals surface area contributed by atoms with Gasteiger partial charge in [0.15, 0.2) is 11.5 Å². The minimum absolute atomic E-state index is 0.515. The summed E-state index contributed by atoms with van der Waals surface area (Å²) in [6, 6.07) is 22.8. The molecular weight excluding hydrogens is 434 g/mol. The standard InChI is InChI=1S/C28H25N7/c1-2-13-34-17-25(30-18-34)28-33-32-27-23-15-22(20-6-4-3-5-7-20)26(31-24(23)12-14-35(27)28)21-10-8-19(16-29)9-11-21/h3-12,14-15,17-18H,2,13,16,29H2,1H3. The van der Waals surface area contributed by atoms with E-state index < -0.39 is 0 Å². The number of aromatic nitrogens is 6. The van der Waals surface area contributed by atoms with Gasteiger partial charge in [-0.1, -0.05) is 61.5 Å². The van der Waals surface area contributed by atoms with Crippen molar-refractivity contribution in [1.29, 1.82) is 0 Å². The van der Waals surface area contributed by atoms with Gasteiger partial charge in [-0.2, -0.15) is 0 Å². The minimum atomic E-state index is 0.515. The van der Waals surface area contributed by atoms with E-state index in [1.165, 1.54) is 0 Å². The molecule has 0 fully saturated rings. The summed E-state index contributed by atoms with van der Waals surface area (Å²) < 4.78 is 4.07. The molecule has 7 heteroatoms. The Labute approximate surface area is 202 Å². The van der Waals surface area contributed by atoms with Crippen LogP contribution in [0.1, 0.15) is 18.9 Å². The molecule has 7 nitrogen and oxygen atoms in total. The largest absolute Gasteiger partial charge is 0.337 e. The van der Waals surface area contributed by atoms with Crippen LogP contribution >= 0.6 is 0 Å². The van der Waals surface area contributed by atoms with Crippen molar-refractivity contribution in [2.24, 2.45) is 5.73 Å². The lowest BCUT2D eigenvalue weighted by atomic mass is 9.97. The number of aryl methyl sites for hydroxylation is 1. The maximum Gasteiger partial charge on any atom is 0.188 e. The van der Waals surface area contributed by atoms with Gasteiger partial charge in [-0.3, -0.25) is 4.40 Å². The van der Waals surface area contributed by atoms with Gasteiger partial charge in [0, 0.05) is 42.0 Å². The van der Waals surface area contributed by atoms with Gasteiger partial charge >= 0.3 is 0 Å². The zero-order valence-electron chi connectivity index (χ0n) is 19.5. The molecule has 4 heterocycles. The van der Waals surface area contributed by atoms with Crippen molar-refractivity contribution in [3.05, 3.63) is 91.0 Å². The summed E-state index contributed by atoms with van der Waals surface area (Å²) in [5, 5.41) is 9.98. The fraction of sp³-hybridized carbons (Fsp3) is 0.143. The summed E-state index contributed by atoms with van der Waals surface area (Å²) in [5.74, 6) is 0.722. The first-order valence-corrected chi connectivity index (χ1v) is 11.8. The summed E-state index contributed by atoms with van der Waals surface area (Å²) in [6.45, 7) is 3.59. The molecule has 0 unspecified atom stereocenters. The Hall–Kier alpha value is -4.36. The van der Waals surface area contributed by atoms with Crippen molar-refractivity contribution in [2.45, 2.75) is 26.4 Å². The van der Waals surface area contributed by atoms with E-state index in [0.29, 0.717) is 6.54 Å². The lowest BCUT2D eigenvalue weighted by Gasteiger charge is -2.12. The predicted octanol–water partition coefficient (Wildman–Crippen LogP) is 5.34. The van der Waals surface area contributed by atoms with E-state index >= 15 is 0 Å². The molecule has 0 saturated carbocycles. The van der Waals surface area contributed by atoms with Gasteiger partial charge in [0.25, 0.3) is 0 Å². The maximum absolute atomic E-state index is 5.81. The van der Waals surface area contributed by atoms with Gasteiger partial charge in [-0.15, -0.1) is 10.2 Å². The Morgan fingerprint density at radius 2 is 1.74 bits per heavy atom. The van der Waals surface area contributed by atoms with Gasteiger partial charge in [0.05, 0.1) is 17.5 Å². The molecule has 0 aliphatic carbocycles. The molecule has 172 valence electrons. The number of hydrogen-bond donors (Lipinski definition) is 1. The SMILES string of the molecule is CCCn1cnc(-c2nnc3c4cc(-c5ccccc5)c(-c5ccc(CN)cc5)nc4ccn23)c1. The Morgan fingerprint density at radius 3 is 2.51 bits per heavy atom. The molecule has 2 N–H and O–H groups in total. The van der Waals surface area contributed by atoms with Gasteiger partial charge in [0.1, 0.15) is 5.69 Å². The van der Waals surface area contributed by atoms with Gasteiger partial charge in [0.2, 0.25) is 0 Å². The molecule has 35 heavy (non-hydrogen) atoms. The lowest BCUT2D eigenvalue weighted by Crippen LogP contribution is -1.97. The topological polar surface area (TPSA) is 86.9 Å². The fourth-order valence-corrected chi connectivity index (χ4v) is 4.48. The molecule has 0 bridgehead atoms. The van der Waals surface area contributed by atoms with Crippen LogP contribution in [0, 0.1) is 0 Å². The number of pyridine rings is 2. The molecule has 0 aliphatic heterocycles. The van der Waals surface area contributed by atoms with E-state index in [0.717, 1.165) is 69.0 Å². The third kappa shape index (κ3) is 3.76. The van der Waals surface area contributed by atoms with Gasteiger partial charge in [-0.25, -0.2) is 9.97 Å². The average molecular weight is 460 g/mol. The van der Waals surface area contributed by atoms with Crippen LogP contribution in [0.3, 0.4) is 0 Å². The van der Waals surface area contributed by atoms with Crippen molar-refractivity contribution >= 4 is 16.6 Å². The van der Waals surface area contributed by atoms with Crippen LogP contribution in [0.4, 0.5) is 0 Å². The van der Waals surface area contributed by atoms with Crippen LogP contribution in [-0.4, -0.2) is 29.1 Å². The molecule has 0 radical (unpaired) electrons. The third-order valence-corrected chi connectivity index (χ3v) is 6.26. The highest BCUT2D eigenvalue weighted by Gasteiger charge is 2.17. The number of rotatable bonds is 6. The van der Waals surface area contributed by atoms with Crippen molar-refractivity contribution in [2.75, 3.05) is 0 Å². The van der Waals surface area contributed by atoms with Crippen molar-refractivity contribution in [1.82, 2.24) is 29.1 Å². The quantitative estimate of drug-likeness (QED) is 0.363. The van der Waals surface area contributed by atoms with Crippen molar-refractivity contribution in [3.63, 3.8) is 0 Å². The van der Waals surface area contributed by atoms with E-state index in [2.05, 4.69) is 69.1 Å². The normalized spacial score (nSPS) is 11.5. The Kier molecular flexibility index (Phi) is 5.31. The monoisotopic (exact) mass is 459 g/mol. The van der Waals surface area contributed by atoms with E-state index in [9.17, 15) is 0 Å². The zero-order valence-corrected chi connectivity index (χ0v) is 19.5. The Balaban J connectivity index is 1.56. The smallest absolute Gasteiger partial charge is 0.188 e. The zero-order chi connectivity index (χ0) is 23.8. The number of imidazole rings is 1. The number of nitrogens with zero attached hydrogens (tertiary/aromatic N) is 6. The first-order valence-electron chi connectivity index (χ1n) is 11.8. The second-order valence-electron chi connectivity index (χ2n) is 8.61. The number of benzene rings is 2. The molecule has 4 aromatic heterocycles. The van der Waals surface area contributed by atoms with Crippen molar-refractivity contribution < 1.29 is 0 Å². The molecule has 0 atom stereocenters. The number of nitrogens with two attached hydrogens (primary N) is 1. The van der Waals surface area contributed by atoms with Crippen molar-refractivity contribution in [3.8, 4) is 33.9 Å². The third-order valence-electron chi connectivity index (χ3n) is 6.26. The van der Waals surface area contributed by atoms with Gasteiger partial charge < -0.3 is 10.3 Å². The summed E-state index contributed by atoms with van der Waals surface area (Å²) in [7, 11) is 0. The molecular formula is C28H25N7. The molecule has 2 aromatic carbocycles. The predicted molar refractivity (Wildman–Crippen MR) is 139 cm³/mol. The van der Waals surface area contributed by atoms with E-state index in [4.69, 9.17) is 10.7 Å². The molecule has 6 aromatic rings. The lowest BCUT2D eigenvalue weighted by molar-refractivity contribution is 0.678. The highest BCUT2D eigenvalue weighted by molar-refractivity contribution is 5.98. The molecule has 0 spiro atoms. The maximum atomic E-state index is 5.81. The summed E-state index contributed by atoms with van der Waals surface area (Å²) in [5.41, 5.74) is 13.4. The van der Waals surface area contributed by atoms with Crippen LogP contribution in [0.15, 0.2) is 85.5 Å². The summed E-state index contributed by atoms with van der Waals surface area (Å²) in [4.78, 5) is 9.66. The summed E-state index contributed by atoms with van der Waals surface area (Å²) in [6.07, 6.45) is 6.89. The Morgan fingerprint density at radius 1 is 0.914 bits per heavy atom. The molecule has 0 saturated heterocycles. The molecule has 6 rings (SSSR count). The summed E-state index contributed by atoms with van der Waals surface area (Å²) >= 11 is 0. The van der Waals surface area contributed by atoms with Gasteiger partial charge in [-0.05, 0) is 29.7 Å². The molecule has 0 amide bonds. The highest BCUT2D eigenvalue weighted by atomic mass is 15.3. The van der Waals surface area contributed by atoms with E-state index in [1.54, 1.807) is 0 Å². The number of hydrogen-bond acceptors (Lipinski definition) is 5. The van der Waals surface area contributed by atoms with Crippen LogP contribution in [0.25, 0.3) is 50.5 Å². The fourth-order valence-electron chi connectivity index (χ4n) is 4.48. The average Bonchev–Trinajstić information content (AvgIpc) is 3.56. The van der Waals surface area contributed by atoms with Crippen LogP contribution in [0.2, 0.25) is 0 Å². The molecule has 0 aliphatic rings.